The minimum atomic E-state index is -3.18. The van der Waals surface area contributed by atoms with Crippen molar-refractivity contribution >= 4 is 15.7 Å². The maximum Gasteiger partial charge on any atom is 0.220 e. The number of carbonyl (C=O) groups is 1. The fourth-order valence-electron chi connectivity index (χ4n) is 1.57. The number of nitrogens with one attached hydrogen (secondary N) is 1. The molecule has 0 bridgehead atoms. The maximum atomic E-state index is 11.9. The van der Waals surface area contributed by atoms with Crippen LogP contribution in [0.25, 0.3) is 0 Å². The molecule has 0 saturated carbocycles. The number of hydrogen-bond donors (Lipinski definition) is 1. The zero-order valence-corrected chi connectivity index (χ0v) is 11.3. The zero-order valence-electron chi connectivity index (χ0n) is 10.5. The van der Waals surface area contributed by atoms with E-state index in [-0.39, 0.29) is 17.0 Å². The van der Waals surface area contributed by atoms with Crippen molar-refractivity contribution in [3.05, 3.63) is 0 Å². The first-order chi connectivity index (χ1) is 7.47. The Kier molecular flexibility index (Phi) is 7.38. The van der Waals surface area contributed by atoms with E-state index in [1.807, 2.05) is 13.8 Å². The van der Waals surface area contributed by atoms with Gasteiger partial charge in [0.05, 0.1) is 5.25 Å². The lowest BCUT2D eigenvalue weighted by molar-refractivity contribution is -0.120. The molecule has 0 aliphatic heterocycles. The monoisotopic (exact) mass is 249 g/mol. The minimum absolute atomic E-state index is 0.213. The van der Waals surface area contributed by atoms with E-state index in [9.17, 15) is 13.2 Å². The number of carbonyl (C=O) groups excluding carboxylic acids is 1. The highest BCUT2D eigenvalue weighted by Crippen LogP contribution is 2.14. The lowest BCUT2D eigenvalue weighted by Crippen LogP contribution is -2.34. The van der Waals surface area contributed by atoms with E-state index in [1.54, 1.807) is 6.92 Å². The molecule has 0 aromatic heterocycles. The molecule has 1 N–H and O–H groups in total. The standard InChI is InChI=1S/C11H23NO3S/c1-4-7-10(8-5-2)16(14,15)9-12-11(13)6-3/h10H,4-9H2,1-3H3,(H,12,13). The number of sulfone groups is 1. The second-order valence-corrected chi connectivity index (χ2v) is 6.24. The van der Waals surface area contributed by atoms with Gasteiger partial charge in [-0.15, -0.1) is 0 Å². The molecule has 5 heteroatoms. The SMILES string of the molecule is CCCC(CCC)S(=O)(=O)CNC(=O)CC. The molecule has 0 spiro atoms. The molecule has 0 radical (unpaired) electrons. The van der Waals surface area contributed by atoms with Crippen LogP contribution in [-0.2, 0) is 14.6 Å². The smallest absolute Gasteiger partial charge is 0.220 e. The van der Waals surface area contributed by atoms with Gasteiger partial charge in [0.15, 0.2) is 9.84 Å². The van der Waals surface area contributed by atoms with E-state index in [0.29, 0.717) is 19.3 Å². The van der Waals surface area contributed by atoms with E-state index in [1.165, 1.54) is 0 Å². The Balaban J connectivity index is 4.41. The summed E-state index contributed by atoms with van der Waals surface area (Å²) in [6.45, 7) is 5.66. The van der Waals surface area contributed by atoms with Crippen LogP contribution in [0.5, 0.6) is 0 Å². The number of hydrogen-bond acceptors (Lipinski definition) is 3. The summed E-state index contributed by atoms with van der Waals surface area (Å²) in [5.41, 5.74) is 0. The summed E-state index contributed by atoms with van der Waals surface area (Å²) in [7, 11) is -3.18. The third-order valence-electron chi connectivity index (χ3n) is 2.52. The van der Waals surface area contributed by atoms with Crippen LogP contribution in [0.3, 0.4) is 0 Å². The molecule has 0 aromatic carbocycles. The van der Waals surface area contributed by atoms with Crippen molar-refractivity contribution in [2.45, 2.75) is 58.1 Å². The summed E-state index contributed by atoms with van der Waals surface area (Å²) in [6, 6.07) is 0. The predicted octanol–water partition coefficient (Wildman–Crippen LogP) is 1.85. The second-order valence-electron chi connectivity index (χ2n) is 3.96. The molecule has 0 aliphatic carbocycles. The van der Waals surface area contributed by atoms with Crippen molar-refractivity contribution in [3.63, 3.8) is 0 Å². The molecular formula is C11H23NO3S. The Morgan fingerprint density at radius 1 is 1.12 bits per heavy atom. The van der Waals surface area contributed by atoms with Gasteiger partial charge in [0.2, 0.25) is 5.91 Å². The van der Waals surface area contributed by atoms with E-state index >= 15 is 0 Å². The fraction of sp³-hybridized carbons (Fsp3) is 0.909. The van der Waals surface area contributed by atoms with Crippen molar-refractivity contribution in [2.75, 3.05) is 5.88 Å². The first kappa shape index (κ1) is 15.4. The van der Waals surface area contributed by atoms with Crippen LogP contribution in [0.4, 0.5) is 0 Å². The van der Waals surface area contributed by atoms with Crippen LogP contribution in [0.2, 0.25) is 0 Å². The summed E-state index contributed by atoms with van der Waals surface area (Å²) >= 11 is 0. The van der Waals surface area contributed by atoms with Crippen LogP contribution in [-0.4, -0.2) is 25.5 Å². The summed E-state index contributed by atoms with van der Waals surface area (Å²) in [4.78, 5) is 11.0. The second kappa shape index (κ2) is 7.65. The third-order valence-corrected chi connectivity index (χ3v) is 4.55. The van der Waals surface area contributed by atoms with Gasteiger partial charge in [-0.25, -0.2) is 8.42 Å². The van der Waals surface area contributed by atoms with Crippen molar-refractivity contribution < 1.29 is 13.2 Å². The number of amides is 1. The lowest BCUT2D eigenvalue weighted by Gasteiger charge is -2.16. The van der Waals surface area contributed by atoms with Crippen LogP contribution in [0.1, 0.15) is 52.9 Å². The summed E-state index contributed by atoms with van der Waals surface area (Å²) in [5.74, 6) is -0.431. The molecule has 0 saturated heterocycles. The van der Waals surface area contributed by atoms with Crippen molar-refractivity contribution in [3.8, 4) is 0 Å². The highest BCUT2D eigenvalue weighted by molar-refractivity contribution is 7.92. The van der Waals surface area contributed by atoms with Crippen molar-refractivity contribution in [1.82, 2.24) is 5.32 Å². The van der Waals surface area contributed by atoms with Gasteiger partial charge in [-0.05, 0) is 12.8 Å². The normalized spacial score (nSPS) is 11.8. The fourth-order valence-corrected chi connectivity index (χ4v) is 3.36. The molecule has 0 fully saturated rings. The van der Waals surface area contributed by atoms with Gasteiger partial charge < -0.3 is 5.32 Å². The van der Waals surface area contributed by atoms with Gasteiger partial charge in [0.25, 0.3) is 0 Å². The average Bonchev–Trinajstić information content (AvgIpc) is 2.25. The average molecular weight is 249 g/mol. The van der Waals surface area contributed by atoms with E-state index in [0.717, 1.165) is 12.8 Å². The first-order valence-electron chi connectivity index (χ1n) is 5.96. The Bertz CT molecular complexity index is 292. The molecule has 0 aliphatic rings. The molecule has 0 unspecified atom stereocenters. The topological polar surface area (TPSA) is 63.2 Å². The Morgan fingerprint density at radius 2 is 1.62 bits per heavy atom. The molecule has 0 atom stereocenters. The first-order valence-corrected chi connectivity index (χ1v) is 7.67. The molecule has 0 aromatic rings. The van der Waals surface area contributed by atoms with Gasteiger partial charge in [-0.2, -0.15) is 0 Å². The summed E-state index contributed by atoms with van der Waals surface area (Å²) in [5, 5.41) is 2.14. The highest BCUT2D eigenvalue weighted by Gasteiger charge is 2.23. The van der Waals surface area contributed by atoms with Crippen LogP contribution in [0, 0.1) is 0 Å². The number of rotatable bonds is 8. The highest BCUT2D eigenvalue weighted by atomic mass is 32.2. The molecule has 16 heavy (non-hydrogen) atoms. The largest absolute Gasteiger partial charge is 0.342 e. The maximum absolute atomic E-state index is 11.9. The van der Waals surface area contributed by atoms with Gasteiger partial charge in [0, 0.05) is 6.42 Å². The van der Waals surface area contributed by atoms with E-state index in [2.05, 4.69) is 5.32 Å². The van der Waals surface area contributed by atoms with E-state index < -0.39 is 9.84 Å². The van der Waals surface area contributed by atoms with Crippen LogP contribution >= 0.6 is 0 Å². The minimum Gasteiger partial charge on any atom is -0.342 e. The Hall–Kier alpha value is -0.580. The van der Waals surface area contributed by atoms with Gasteiger partial charge in [0.1, 0.15) is 5.88 Å². The summed E-state index contributed by atoms with van der Waals surface area (Å²) in [6.07, 6.45) is 3.38. The lowest BCUT2D eigenvalue weighted by atomic mass is 10.2. The molecule has 4 nitrogen and oxygen atoms in total. The molecule has 96 valence electrons. The Labute approximate surface area is 98.7 Å². The van der Waals surface area contributed by atoms with Crippen molar-refractivity contribution in [1.29, 1.82) is 0 Å². The molecule has 0 heterocycles. The molecule has 1 amide bonds. The zero-order chi connectivity index (χ0) is 12.6. The van der Waals surface area contributed by atoms with Crippen molar-refractivity contribution in [2.24, 2.45) is 0 Å². The van der Waals surface area contributed by atoms with Crippen LogP contribution < -0.4 is 5.32 Å². The quantitative estimate of drug-likeness (QED) is 0.714. The third kappa shape index (κ3) is 5.49. The van der Waals surface area contributed by atoms with Gasteiger partial charge >= 0.3 is 0 Å². The summed E-state index contributed by atoms with van der Waals surface area (Å²) < 4.78 is 23.8. The van der Waals surface area contributed by atoms with Gasteiger partial charge in [-0.1, -0.05) is 33.6 Å². The predicted molar refractivity (Wildman–Crippen MR) is 65.8 cm³/mol. The van der Waals surface area contributed by atoms with Gasteiger partial charge in [-0.3, -0.25) is 4.79 Å². The van der Waals surface area contributed by atoms with E-state index in [4.69, 9.17) is 0 Å². The molecule has 0 rings (SSSR count). The molecular weight excluding hydrogens is 226 g/mol. The van der Waals surface area contributed by atoms with Crippen LogP contribution in [0.15, 0.2) is 0 Å². The Morgan fingerprint density at radius 3 is 2.00 bits per heavy atom.